The summed E-state index contributed by atoms with van der Waals surface area (Å²) in [5, 5.41) is 14.6. The molecule has 0 atom stereocenters. The Morgan fingerprint density at radius 2 is 0.609 bits per heavy atom. The first kappa shape index (κ1) is 59.2. The largest absolute Gasteiger partial charge is 0.309 e. The molecule has 0 bridgehead atoms. The van der Waals surface area contributed by atoms with E-state index in [1.165, 1.54) is 38.6 Å². The second kappa shape index (κ2) is 22.5. The van der Waals surface area contributed by atoms with Gasteiger partial charge in [0.05, 0.1) is 45.1 Å². The Morgan fingerprint density at radius 1 is 0.272 bits per heavy atom. The van der Waals surface area contributed by atoms with Crippen LogP contribution in [0.15, 0.2) is 243 Å². The standard InChI is InChI=1S/C86H76N6/c1-83(2,3)64-43-62(44-65(51-64)84(4,5)6)80-88-81(63-45-66(85(7,8)9)52-67(46-63)86(10,11)12)90-82(89-80)73-50-61(38-42-79(73)92-75-30-22-20-28-69(75)72-49-60(37-41-78(72)92)56-25-17-14-18-26-56)70-47-58(57-33-31-54(53-87)32-34-57)35-39-76(70)91-74-29-21-19-27-68(74)71-48-59(36-40-77(71)91)55-23-15-13-16-24-55/h13-52H,1-12H3. The first-order chi connectivity index (χ1) is 44.0. The van der Waals surface area contributed by atoms with Crippen LogP contribution in [0.25, 0.3) is 134 Å². The molecule has 0 unspecified atom stereocenters. The molecule has 0 aliphatic carbocycles. The summed E-state index contributed by atoms with van der Waals surface area (Å²) in [4.78, 5) is 17.3. The van der Waals surface area contributed by atoms with Crippen LogP contribution in [-0.4, -0.2) is 24.1 Å². The Morgan fingerprint density at radius 3 is 1.04 bits per heavy atom. The summed E-state index contributed by atoms with van der Waals surface area (Å²) >= 11 is 0. The van der Waals surface area contributed by atoms with Crippen molar-refractivity contribution in [2.75, 3.05) is 0 Å². The van der Waals surface area contributed by atoms with Crippen LogP contribution in [-0.2, 0) is 21.7 Å². The predicted octanol–water partition coefficient (Wildman–Crippen LogP) is 22.8. The fourth-order valence-electron chi connectivity index (χ4n) is 13.0. The minimum atomic E-state index is -0.166. The molecule has 11 aromatic carbocycles. The van der Waals surface area contributed by atoms with E-state index >= 15 is 0 Å². The summed E-state index contributed by atoms with van der Waals surface area (Å²) < 4.78 is 4.86. The Kier molecular flexibility index (Phi) is 14.5. The van der Waals surface area contributed by atoms with Crippen LogP contribution in [0.1, 0.15) is 111 Å². The average molecular weight is 1190 g/mol. The Hall–Kier alpha value is -10.5. The fraction of sp³-hybridized carbons (Fsp3) is 0.186. The molecule has 0 radical (unpaired) electrons. The van der Waals surface area contributed by atoms with Crippen LogP contribution in [0.3, 0.4) is 0 Å². The van der Waals surface area contributed by atoms with Gasteiger partial charge in [0.15, 0.2) is 17.5 Å². The second-order valence-electron chi connectivity index (χ2n) is 29.0. The van der Waals surface area contributed by atoms with E-state index < -0.39 is 0 Å². The van der Waals surface area contributed by atoms with E-state index in [1.807, 2.05) is 12.1 Å². The van der Waals surface area contributed by atoms with Gasteiger partial charge in [0.25, 0.3) is 0 Å². The van der Waals surface area contributed by atoms with Crippen molar-refractivity contribution >= 4 is 43.6 Å². The van der Waals surface area contributed by atoms with Gasteiger partial charge in [0, 0.05) is 43.8 Å². The van der Waals surface area contributed by atoms with Gasteiger partial charge in [0.2, 0.25) is 0 Å². The third-order valence-electron chi connectivity index (χ3n) is 18.4. The number of nitrogens with zero attached hydrogens (tertiary/aromatic N) is 6. The first-order valence-electron chi connectivity index (χ1n) is 32.1. The molecule has 6 nitrogen and oxygen atoms in total. The summed E-state index contributed by atoms with van der Waals surface area (Å²) in [7, 11) is 0. The van der Waals surface area contributed by atoms with Crippen molar-refractivity contribution in [3.05, 3.63) is 270 Å². The topological polar surface area (TPSA) is 72.3 Å². The highest BCUT2D eigenvalue weighted by Gasteiger charge is 2.28. The number of fused-ring (bicyclic) bond motifs is 6. The van der Waals surface area contributed by atoms with Gasteiger partial charge in [-0.05, 0) is 180 Å². The van der Waals surface area contributed by atoms with Gasteiger partial charge in [0.1, 0.15) is 0 Å². The maximum Gasteiger partial charge on any atom is 0.166 e. The zero-order chi connectivity index (χ0) is 64.0. The normalized spacial score (nSPS) is 12.3. The van der Waals surface area contributed by atoms with Crippen molar-refractivity contribution in [2.24, 2.45) is 0 Å². The molecule has 14 aromatic rings. The number of nitriles is 1. The summed E-state index contributed by atoms with van der Waals surface area (Å²) in [6, 6.07) is 90.5. The molecule has 0 aliphatic heterocycles. The summed E-state index contributed by atoms with van der Waals surface area (Å²) in [5.74, 6) is 1.77. The van der Waals surface area contributed by atoms with Crippen LogP contribution < -0.4 is 0 Å². The van der Waals surface area contributed by atoms with E-state index in [4.69, 9.17) is 15.0 Å². The SMILES string of the molecule is CC(C)(C)c1cc(-c2nc(-c3cc(C(C)(C)C)cc(C(C)(C)C)c3)nc(-c3cc(-c4cc(-c5ccc(C#N)cc5)ccc4-n4c5ccccc5c5cc(-c6ccccc6)ccc54)ccc3-n3c4ccccc4c4cc(-c5ccccc5)ccc43)n2)cc(C(C)(C)C)c1. The lowest BCUT2D eigenvalue weighted by molar-refractivity contribution is 0.568. The molecule has 14 rings (SSSR count). The molecule has 6 heteroatoms. The van der Waals surface area contributed by atoms with Gasteiger partial charge < -0.3 is 9.13 Å². The molecule has 92 heavy (non-hydrogen) atoms. The monoisotopic (exact) mass is 1190 g/mol. The molecule has 3 aromatic heterocycles. The third-order valence-corrected chi connectivity index (χ3v) is 18.4. The van der Waals surface area contributed by atoms with Crippen molar-refractivity contribution < 1.29 is 0 Å². The molecule has 0 saturated carbocycles. The number of benzene rings is 11. The number of para-hydroxylation sites is 2. The summed E-state index contributed by atoms with van der Waals surface area (Å²) in [5.41, 5.74) is 22.5. The molecule has 0 fully saturated rings. The number of aromatic nitrogens is 5. The maximum atomic E-state index is 9.95. The molecule has 0 N–H and O–H groups in total. The second-order valence-corrected chi connectivity index (χ2v) is 29.0. The van der Waals surface area contributed by atoms with Gasteiger partial charge in [-0.1, -0.05) is 229 Å². The lowest BCUT2D eigenvalue weighted by Crippen LogP contribution is -2.17. The first-order valence-corrected chi connectivity index (χ1v) is 32.1. The van der Waals surface area contributed by atoms with Crippen LogP contribution in [0.5, 0.6) is 0 Å². The van der Waals surface area contributed by atoms with Crippen LogP contribution in [0.4, 0.5) is 0 Å². The van der Waals surface area contributed by atoms with Crippen molar-refractivity contribution in [3.8, 4) is 96.1 Å². The Balaban J connectivity index is 1.11. The highest BCUT2D eigenvalue weighted by Crippen LogP contribution is 2.45. The van der Waals surface area contributed by atoms with E-state index in [-0.39, 0.29) is 21.7 Å². The van der Waals surface area contributed by atoms with Crippen LogP contribution in [0, 0.1) is 11.3 Å². The van der Waals surface area contributed by atoms with E-state index in [2.05, 4.69) is 329 Å². The van der Waals surface area contributed by atoms with E-state index in [1.54, 1.807) is 0 Å². The quantitative estimate of drug-likeness (QED) is 0.144. The highest BCUT2D eigenvalue weighted by molar-refractivity contribution is 6.12. The zero-order valence-corrected chi connectivity index (χ0v) is 54.8. The summed E-state index contributed by atoms with van der Waals surface area (Å²) in [6.07, 6.45) is 0. The molecule has 3 heterocycles. The van der Waals surface area contributed by atoms with Crippen LogP contribution >= 0.6 is 0 Å². The van der Waals surface area contributed by atoms with E-state index in [9.17, 15) is 5.26 Å². The average Bonchev–Trinajstić information content (AvgIpc) is 1.47. The molecule has 450 valence electrons. The summed E-state index contributed by atoms with van der Waals surface area (Å²) in [6.45, 7) is 27.4. The fourth-order valence-corrected chi connectivity index (χ4v) is 13.0. The van der Waals surface area contributed by atoms with Crippen molar-refractivity contribution in [2.45, 2.75) is 105 Å². The molecular formula is C86H76N6. The highest BCUT2D eigenvalue weighted by atomic mass is 15.1. The van der Waals surface area contributed by atoms with Crippen molar-refractivity contribution in [1.82, 2.24) is 24.1 Å². The number of rotatable bonds is 9. The molecule has 0 saturated heterocycles. The minimum absolute atomic E-state index is 0.166. The molecule has 0 aliphatic rings. The Bertz CT molecular complexity index is 5080. The van der Waals surface area contributed by atoms with E-state index in [0.29, 0.717) is 23.0 Å². The number of hydrogen-bond donors (Lipinski definition) is 0. The predicted molar refractivity (Wildman–Crippen MR) is 386 cm³/mol. The van der Waals surface area contributed by atoms with Gasteiger partial charge >= 0.3 is 0 Å². The Labute approximate surface area is 541 Å². The lowest BCUT2D eigenvalue weighted by atomic mass is 9.79. The van der Waals surface area contributed by atoms with Crippen molar-refractivity contribution in [1.29, 1.82) is 5.26 Å². The third kappa shape index (κ3) is 11.0. The van der Waals surface area contributed by atoms with Gasteiger partial charge in [-0.15, -0.1) is 0 Å². The smallest absolute Gasteiger partial charge is 0.166 e. The van der Waals surface area contributed by atoms with Gasteiger partial charge in [-0.2, -0.15) is 5.26 Å². The zero-order valence-electron chi connectivity index (χ0n) is 54.8. The van der Waals surface area contributed by atoms with E-state index in [0.717, 1.165) is 99.8 Å². The van der Waals surface area contributed by atoms with Gasteiger partial charge in [-0.3, -0.25) is 0 Å². The molecule has 0 amide bonds. The number of hydrogen-bond acceptors (Lipinski definition) is 4. The van der Waals surface area contributed by atoms with Crippen LogP contribution in [0.2, 0.25) is 0 Å². The molecular weight excluding hydrogens is 1120 g/mol. The van der Waals surface area contributed by atoms with Crippen molar-refractivity contribution in [3.63, 3.8) is 0 Å². The lowest BCUT2D eigenvalue weighted by Gasteiger charge is -2.26. The maximum absolute atomic E-state index is 9.95. The van der Waals surface area contributed by atoms with Gasteiger partial charge in [-0.25, -0.2) is 15.0 Å². The minimum Gasteiger partial charge on any atom is -0.309 e. The molecule has 0 spiro atoms.